The quantitative estimate of drug-likeness (QED) is 0.599. The lowest BCUT2D eigenvalue weighted by Crippen LogP contribution is -2.49. The van der Waals surface area contributed by atoms with Gasteiger partial charge in [-0.3, -0.25) is 14.5 Å². The van der Waals surface area contributed by atoms with Gasteiger partial charge in [-0.1, -0.05) is 0 Å². The number of ether oxygens (including phenoxy) is 1. The molecule has 0 N–H and O–H groups in total. The third-order valence-corrected chi connectivity index (χ3v) is 3.27. The third kappa shape index (κ3) is 3.98. The van der Waals surface area contributed by atoms with E-state index in [1.54, 1.807) is 4.90 Å². The van der Waals surface area contributed by atoms with Crippen LogP contribution in [0.1, 0.15) is 6.42 Å². The Bertz CT molecular complexity index is 441. The minimum atomic E-state index is -0.206. The van der Waals surface area contributed by atoms with E-state index in [2.05, 4.69) is 25.2 Å². The van der Waals surface area contributed by atoms with Crippen molar-refractivity contribution < 1.29 is 14.3 Å². The lowest BCUT2D eigenvalue weighted by Gasteiger charge is -2.34. The highest BCUT2D eigenvalue weighted by molar-refractivity contribution is 5.76. The van der Waals surface area contributed by atoms with E-state index in [-0.39, 0.29) is 18.4 Å². The van der Waals surface area contributed by atoms with Crippen molar-refractivity contribution in [2.75, 3.05) is 39.8 Å². The summed E-state index contributed by atoms with van der Waals surface area (Å²) in [6, 6.07) is 0. The summed E-state index contributed by atoms with van der Waals surface area (Å²) in [4.78, 5) is 27.0. The number of methoxy groups -OCH3 is 1. The number of hydrogen-bond donors (Lipinski definition) is 0. The fraction of sp³-hybridized carbons (Fsp3) is 0.727. The Morgan fingerprint density at radius 3 is 2.60 bits per heavy atom. The normalized spacial score (nSPS) is 16.1. The molecule has 0 bridgehead atoms. The van der Waals surface area contributed by atoms with Gasteiger partial charge < -0.3 is 9.64 Å². The molecule has 0 aliphatic carbocycles. The Morgan fingerprint density at radius 1 is 1.25 bits per heavy atom. The molecule has 110 valence electrons. The van der Waals surface area contributed by atoms with E-state index in [0.29, 0.717) is 26.1 Å². The molecule has 9 heteroatoms. The second-order valence-electron chi connectivity index (χ2n) is 4.56. The number of rotatable bonds is 5. The number of hydrogen-bond acceptors (Lipinski definition) is 7. The predicted octanol–water partition coefficient (Wildman–Crippen LogP) is -1.62. The van der Waals surface area contributed by atoms with Gasteiger partial charge in [-0.15, -0.1) is 5.10 Å². The van der Waals surface area contributed by atoms with Gasteiger partial charge in [0.25, 0.3) is 0 Å². The summed E-state index contributed by atoms with van der Waals surface area (Å²) in [5.41, 5.74) is 0. The van der Waals surface area contributed by atoms with E-state index in [4.69, 9.17) is 0 Å². The van der Waals surface area contributed by atoms with E-state index in [0.717, 1.165) is 13.1 Å². The molecule has 2 rings (SSSR count). The van der Waals surface area contributed by atoms with Crippen LogP contribution in [0.4, 0.5) is 0 Å². The van der Waals surface area contributed by atoms with Crippen LogP contribution in [0.3, 0.4) is 0 Å². The molecule has 0 saturated carbocycles. The molecular formula is C11H18N6O3. The van der Waals surface area contributed by atoms with Crippen molar-refractivity contribution in [2.45, 2.75) is 13.0 Å². The molecule has 0 atom stereocenters. The highest BCUT2D eigenvalue weighted by Crippen LogP contribution is 2.04. The van der Waals surface area contributed by atoms with Crippen molar-refractivity contribution in [2.24, 2.45) is 0 Å². The summed E-state index contributed by atoms with van der Waals surface area (Å²) in [5, 5.41) is 10.7. The molecule has 1 aromatic heterocycles. The van der Waals surface area contributed by atoms with Gasteiger partial charge in [-0.2, -0.15) is 0 Å². The minimum Gasteiger partial charge on any atom is -0.469 e. The number of carbonyl (C=O) groups is 2. The molecule has 1 aromatic rings. The van der Waals surface area contributed by atoms with Crippen molar-refractivity contribution >= 4 is 11.9 Å². The first kappa shape index (κ1) is 14.4. The fourth-order valence-electron chi connectivity index (χ4n) is 2.06. The fourth-order valence-corrected chi connectivity index (χ4v) is 2.06. The van der Waals surface area contributed by atoms with Crippen LogP contribution in [0.25, 0.3) is 0 Å². The molecule has 0 unspecified atom stereocenters. The van der Waals surface area contributed by atoms with Crippen LogP contribution in [-0.2, 0) is 20.9 Å². The van der Waals surface area contributed by atoms with Crippen molar-refractivity contribution in [3.8, 4) is 0 Å². The first-order valence-electron chi connectivity index (χ1n) is 6.47. The Labute approximate surface area is 116 Å². The molecular weight excluding hydrogens is 264 g/mol. The zero-order chi connectivity index (χ0) is 14.4. The first-order chi connectivity index (χ1) is 9.69. The average Bonchev–Trinajstić information content (AvgIpc) is 2.98. The maximum Gasteiger partial charge on any atom is 0.306 e. The number of carbonyl (C=O) groups excluding carboxylic acids is 2. The second kappa shape index (κ2) is 6.94. The van der Waals surface area contributed by atoms with Crippen molar-refractivity contribution in [3.05, 3.63) is 6.33 Å². The monoisotopic (exact) mass is 282 g/mol. The Balaban J connectivity index is 1.71. The van der Waals surface area contributed by atoms with Gasteiger partial charge in [-0.05, 0) is 10.4 Å². The number of tetrazole rings is 1. The van der Waals surface area contributed by atoms with E-state index in [1.165, 1.54) is 18.1 Å². The van der Waals surface area contributed by atoms with E-state index >= 15 is 0 Å². The topological polar surface area (TPSA) is 93.5 Å². The summed E-state index contributed by atoms with van der Waals surface area (Å²) in [6.07, 6.45) is 1.81. The maximum absolute atomic E-state index is 12.0. The minimum absolute atomic E-state index is 0.00455. The predicted molar refractivity (Wildman–Crippen MR) is 67.5 cm³/mol. The number of esters is 1. The number of aromatic nitrogens is 4. The summed E-state index contributed by atoms with van der Waals surface area (Å²) >= 11 is 0. The standard InChI is InChI=1S/C11H18N6O3/c1-20-11(19)2-3-15-4-6-16(7-5-15)10(18)8-17-9-12-13-14-17/h9H,2-8H2,1H3. The number of nitrogens with zero attached hydrogens (tertiary/aromatic N) is 6. The first-order valence-corrected chi connectivity index (χ1v) is 6.47. The van der Waals surface area contributed by atoms with Crippen LogP contribution < -0.4 is 0 Å². The number of amides is 1. The van der Waals surface area contributed by atoms with Crippen molar-refractivity contribution in [1.29, 1.82) is 0 Å². The largest absolute Gasteiger partial charge is 0.469 e. The SMILES string of the molecule is COC(=O)CCN1CCN(C(=O)Cn2cnnn2)CC1. The lowest BCUT2D eigenvalue weighted by molar-refractivity contribution is -0.141. The molecule has 9 nitrogen and oxygen atoms in total. The molecule has 0 aromatic carbocycles. The summed E-state index contributed by atoms with van der Waals surface area (Å²) in [5.74, 6) is -0.202. The zero-order valence-electron chi connectivity index (χ0n) is 11.4. The summed E-state index contributed by atoms with van der Waals surface area (Å²) in [7, 11) is 1.39. The van der Waals surface area contributed by atoms with Crippen LogP contribution >= 0.6 is 0 Å². The molecule has 2 heterocycles. The summed E-state index contributed by atoms with van der Waals surface area (Å²) in [6.45, 7) is 3.66. The molecule has 0 spiro atoms. The molecule has 1 aliphatic heterocycles. The molecule has 20 heavy (non-hydrogen) atoms. The maximum atomic E-state index is 12.0. The van der Waals surface area contributed by atoms with Crippen molar-refractivity contribution in [3.63, 3.8) is 0 Å². The molecule has 1 saturated heterocycles. The van der Waals surface area contributed by atoms with Gasteiger partial charge in [0.1, 0.15) is 12.9 Å². The Hall–Kier alpha value is -2.03. The van der Waals surface area contributed by atoms with Crippen LogP contribution in [0.2, 0.25) is 0 Å². The highest BCUT2D eigenvalue weighted by atomic mass is 16.5. The molecule has 1 amide bonds. The third-order valence-electron chi connectivity index (χ3n) is 3.27. The Morgan fingerprint density at radius 2 is 2.00 bits per heavy atom. The van der Waals surface area contributed by atoms with E-state index in [9.17, 15) is 9.59 Å². The van der Waals surface area contributed by atoms with Gasteiger partial charge in [0.15, 0.2) is 0 Å². The van der Waals surface area contributed by atoms with E-state index in [1.807, 2.05) is 0 Å². The van der Waals surface area contributed by atoms with Gasteiger partial charge in [-0.25, -0.2) is 4.68 Å². The molecule has 1 aliphatic rings. The molecule has 1 fully saturated rings. The molecule has 0 radical (unpaired) electrons. The van der Waals surface area contributed by atoms with Crippen LogP contribution in [0.15, 0.2) is 6.33 Å². The van der Waals surface area contributed by atoms with Gasteiger partial charge in [0.05, 0.1) is 13.5 Å². The number of piperazine rings is 1. The smallest absolute Gasteiger partial charge is 0.306 e. The van der Waals surface area contributed by atoms with Crippen LogP contribution in [0.5, 0.6) is 0 Å². The second-order valence-corrected chi connectivity index (χ2v) is 4.56. The summed E-state index contributed by atoms with van der Waals surface area (Å²) < 4.78 is 6.02. The van der Waals surface area contributed by atoms with Crippen LogP contribution in [0, 0.1) is 0 Å². The Kier molecular flexibility index (Phi) is 4.99. The highest BCUT2D eigenvalue weighted by Gasteiger charge is 2.21. The van der Waals surface area contributed by atoms with E-state index < -0.39 is 0 Å². The zero-order valence-corrected chi connectivity index (χ0v) is 11.4. The van der Waals surface area contributed by atoms with Crippen molar-refractivity contribution in [1.82, 2.24) is 30.0 Å². The van der Waals surface area contributed by atoms with Gasteiger partial charge in [0, 0.05) is 32.7 Å². The van der Waals surface area contributed by atoms with Crippen LogP contribution in [-0.4, -0.2) is 81.7 Å². The van der Waals surface area contributed by atoms with Gasteiger partial charge >= 0.3 is 5.97 Å². The lowest BCUT2D eigenvalue weighted by atomic mass is 10.3. The average molecular weight is 282 g/mol. The van der Waals surface area contributed by atoms with Gasteiger partial charge in [0.2, 0.25) is 5.91 Å².